The van der Waals surface area contributed by atoms with Gasteiger partial charge in [-0.2, -0.15) is 0 Å². The van der Waals surface area contributed by atoms with Gasteiger partial charge in [0.2, 0.25) is 16.6 Å². The van der Waals surface area contributed by atoms with Crippen LogP contribution in [0, 0.1) is 5.41 Å². The van der Waals surface area contributed by atoms with Crippen molar-refractivity contribution in [2.45, 2.75) is 51.2 Å². The molecule has 1 aromatic rings. The van der Waals surface area contributed by atoms with Crippen LogP contribution in [0.5, 0.6) is 5.75 Å². The van der Waals surface area contributed by atoms with Crippen LogP contribution in [-0.4, -0.2) is 61.2 Å². The minimum atomic E-state index is -2.15. The summed E-state index contributed by atoms with van der Waals surface area (Å²) in [5.74, 6) is -1.34. The first-order chi connectivity index (χ1) is 13.8. The number of carbonyl (C=O) groups excluding carboxylic acids is 2. The summed E-state index contributed by atoms with van der Waals surface area (Å²) in [4.78, 5) is 26.0. The Morgan fingerprint density at radius 2 is 1.40 bits per heavy atom. The molecule has 168 valence electrons. The molecule has 1 fully saturated rings. The Bertz CT molecular complexity index is 756. The zero-order chi connectivity index (χ0) is 22.9. The van der Waals surface area contributed by atoms with Crippen LogP contribution in [0.2, 0.25) is 39.3 Å². The maximum Gasteiger partial charge on any atom is 0.325 e. The monoisotopic (exact) mass is 455 g/mol. The summed E-state index contributed by atoms with van der Waals surface area (Å²) in [5.41, 5.74) is -0.867. The van der Waals surface area contributed by atoms with Gasteiger partial charge < -0.3 is 23.3 Å². The number of carbonyl (C=O) groups is 2. The van der Waals surface area contributed by atoms with Gasteiger partial charge in [0.15, 0.2) is 5.41 Å². The first-order valence-corrected chi connectivity index (χ1v) is 16.6. The molecule has 0 unspecified atom stereocenters. The van der Waals surface area contributed by atoms with E-state index in [0.717, 1.165) is 5.56 Å². The van der Waals surface area contributed by atoms with E-state index < -0.39 is 45.9 Å². The molecular weight excluding hydrogens is 422 g/mol. The molecule has 1 saturated carbocycles. The van der Waals surface area contributed by atoms with Crippen molar-refractivity contribution >= 4 is 28.6 Å². The van der Waals surface area contributed by atoms with E-state index in [1.165, 1.54) is 19.4 Å². The van der Waals surface area contributed by atoms with Gasteiger partial charge in [-0.15, -0.1) is 0 Å². The molecule has 1 aliphatic rings. The number of esters is 2. The fourth-order valence-corrected chi connectivity index (χ4v) is 4.98. The maximum absolute atomic E-state index is 13.0. The molecule has 0 aromatic heterocycles. The molecule has 0 radical (unpaired) electrons. The number of hydroxylamine groups is 2. The predicted octanol–water partition coefficient (Wildman–Crippen LogP) is 3.33. The molecule has 10 heteroatoms. The average Bonchev–Trinajstić information content (AvgIpc) is 3.35. The molecule has 0 amide bonds. The highest BCUT2D eigenvalue weighted by atomic mass is 28.4. The number of ether oxygens (including phenoxy) is 3. The Labute approximate surface area is 180 Å². The van der Waals surface area contributed by atoms with E-state index in [4.69, 9.17) is 23.3 Å². The Morgan fingerprint density at radius 1 is 0.900 bits per heavy atom. The quantitative estimate of drug-likeness (QED) is 0.243. The maximum atomic E-state index is 13.0. The first-order valence-electron chi connectivity index (χ1n) is 9.80. The number of nitrogens with zero attached hydrogens (tertiary/aromatic N) is 1. The molecule has 0 heterocycles. The SMILES string of the molecule is COC(=O)C1(C(=O)OC)[C@@H](N(O[Si](C)(C)C)O[Si](C)(C)C)[C@@H]1c1cccc(OC)c1. The summed E-state index contributed by atoms with van der Waals surface area (Å²) in [6.45, 7) is 12.1. The van der Waals surface area contributed by atoms with Crippen LogP contribution in [0.3, 0.4) is 0 Å². The number of hydrogen-bond donors (Lipinski definition) is 0. The van der Waals surface area contributed by atoms with Gasteiger partial charge in [0.05, 0.1) is 27.4 Å². The van der Waals surface area contributed by atoms with Crippen molar-refractivity contribution in [3.8, 4) is 5.75 Å². The van der Waals surface area contributed by atoms with Crippen molar-refractivity contribution in [1.82, 2.24) is 5.23 Å². The second kappa shape index (κ2) is 8.79. The molecule has 1 aromatic carbocycles. The Kier molecular flexibility index (Phi) is 7.19. The van der Waals surface area contributed by atoms with Crippen molar-refractivity contribution in [2.75, 3.05) is 21.3 Å². The second-order valence-electron chi connectivity index (χ2n) is 9.24. The molecule has 1 aliphatic carbocycles. The highest BCUT2D eigenvalue weighted by Crippen LogP contribution is 2.64. The van der Waals surface area contributed by atoms with Crippen LogP contribution >= 0.6 is 0 Å². The molecule has 2 atom stereocenters. The van der Waals surface area contributed by atoms with Gasteiger partial charge in [-0.05, 0) is 57.0 Å². The van der Waals surface area contributed by atoms with Crippen LogP contribution in [0.4, 0.5) is 0 Å². The topological polar surface area (TPSA) is 83.5 Å². The summed E-state index contributed by atoms with van der Waals surface area (Å²) in [6, 6.07) is 6.52. The highest BCUT2D eigenvalue weighted by molar-refractivity contribution is 6.70. The van der Waals surface area contributed by atoms with Gasteiger partial charge in [0.1, 0.15) is 5.75 Å². The summed E-state index contributed by atoms with van der Waals surface area (Å²) >= 11 is 0. The van der Waals surface area contributed by atoms with Crippen LogP contribution in [-0.2, 0) is 28.1 Å². The fraction of sp³-hybridized carbons (Fsp3) is 0.600. The van der Waals surface area contributed by atoms with Gasteiger partial charge >= 0.3 is 11.9 Å². The highest BCUT2D eigenvalue weighted by Gasteiger charge is 2.80. The Morgan fingerprint density at radius 3 is 1.80 bits per heavy atom. The molecule has 0 N–H and O–H groups in total. The van der Waals surface area contributed by atoms with Crippen molar-refractivity contribution in [3.05, 3.63) is 29.8 Å². The lowest BCUT2D eigenvalue weighted by atomic mass is 9.99. The molecule has 8 nitrogen and oxygen atoms in total. The lowest BCUT2D eigenvalue weighted by Crippen LogP contribution is -2.48. The first kappa shape index (κ1) is 24.5. The number of rotatable bonds is 9. The summed E-state index contributed by atoms with van der Waals surface area (Å²) in [7, 11) is -0.221. The third kappa shape index (κ3) is 4.94. The zero-order valence-electron chi connectivity index (χ0n) is 19.3. The normalized spacial score (nSPS) is 20.6. The molecular formula is C20H33NO7Si2. The van der Waals surface area contributed by atoms with Crippen molar-refractivity contribution in [1.29, 1.82) is 0 Å². The van der Waals surface area contributed by atoms with Crippen molar-refractivity contribution in [3.63, 3.8) is 0 Å². The van der Waals surface area contributed by atoms with Gasteiger partial charge in [-0.1, -0.05) is 17.4 Å². The smallest absolute Gasteiger partial charge is 0.325 e. The van der Waals surface area contributed by atoms with Gasteiger partial charge in [0, 0.05) is 5.92 Å². The molecule has 0 spiro atoms. The second-order valence-corrected chi connectivity index (χ2v) is 18.1. The predicted molar refractivity (Wildman–Crippen MR) is 117 cm³/mol. The largest absolute Gasteiger partial charge is 0.497 e. The third-order valence-corrected chi connectivity index (χ3v) is 6.07. The van der Waals surface area contributed by atoms with Crippen molar-refractivity contribution < 1.29 is 32.9 Å². The van der Waals surface area contributed by atoms with Crippen LogP contribution in [0.1, 0.15) is 11.5 Å². The summed E-state index contributed by atoms with van der Waals surface area (Å²) in [6.07, 6.45) is 0. The van der Waals surface area contributed by atoms with Crippen molar-refractivity contribution in [2.24, 2.45) is 5.41 Å². The summed E-state index contributed by atoms with van der Waals surface area (Å²) < 4.78 is 27.9. The summed E-state index contributed by atoms with van der Waals surface area (Å²) in [5, 5.41) is 1.39. The van der Waals surface area contributed by atoms with Gasteiger partial charge in [-0.3, -0.25) is 9.59 Å². The molecule has 0 aliphatic heterocycles. The van der Waals surface area contributed by atoms with Crippen LogP contribution in [0.25, 0.3) is 0 Å². The average molecular weight is 456 g/mol. The lowest BCUT2D eigenvalue weighted by molar-refractivity contribution is -0.285. The fourth-order valence-electron chi connectivity index (χ4n) is 3.53. The van der Waals surface area contributed by atoms with Crippen LogP contribution in [0.15, 0.2) is 24.3 Å². The van der Waals surface area contributed by atoms with Crippen LogP contribution < -0.4 is 4.74 Å². The van der Waals surface area contributed by atoms with E-state index in [9.17, 15) is 9.59 Å². The molecule has 0 bridgehead atoms. The molecule has 2 rings (SSSR count). The van der Waals surface area contributed by atoms with E-state index in [2.05, 4.69) is 0 Å². The van der Waals surface area contributed by atoms with E-state index >= 15 is 0 Å². The van der Waals surface area contributed by atoms with E-state index in [-0.39, 0.29) is 0 Å². The Balaban J connectivity index is 2.64. The van der Waals surface area contributed by atoms with E-state index in [0.29, 0.717) is 5.75 Å². The standard InChI is InChI=1S/C20H33NO7Si2/c1-24-15-12-10-11-14(13-15)16-17(20(16,18(22)25-2)19(23)26-3)21(27-29(4,5)6)28-30(7,8)9/h10-13,16-17H,1-9H3/t16-,17-/m0/s1. The minimum absolute atomic E-state index is 0.583. The van der Waals surface area contributed by atoms with E-state index in [1.54, 1.807) is 19.2 Å². The zero-order valence-corrected chi connectivity index (χ0v) is 21.3. The third-order valence-electron chi connectivity index (χ3n) is 4.62. The lowest BCUT2D eigenvalue weighted by Gasteiger charge is -2.34. The van der Waals surface area contributed by atoms with Gasteiger partial charge in [-0.25, -0.2) is 0 Å². The van der Waals surface area contributed by atoms with E-state index in [1.807, 2.05) is 51.4 Å². The number of hydrogen-bond acceptors (Lipinski definition) is 8. The number of methoxy groups -OCH3 is 3. The molecule has 30 heavy (non-hydrogen) atoms. The Hall–Kier alpha value is -1.73. The number of benzene rings is 1. The minimum Gasteiger partial charge on any atom is -0.497 e. The molecule has 0 saturated heterocycles. The van der Waals surface area contributed by atoms with Gasteiger partial charge in [0.25, 0.3) is 0 Å².